The summed E-state index contributed by atoms with van der Waals surface area (Å²) in [5, 5.41) is 13.8. The van der Waals surface area contributed by atoms with E-state index in [1.54, 1.807) is 25.9 Å². The molecule has 2 aromatic rings. The molecule has 0 aliphatic heterocycles. The number of rotatable bonds is 6. The Morgan fingerprint density at radius 2 is 1.80 bits per heavy atom. The Morgan fingerprint density at radius 1 is 1.12 bits per heavy atom. The number of aliphatic imine (C=N–C) groups is 1. The summed E-state index contributed by atoms with van der Waals surface area (Å²) in [7, 11) is 3.43. The normalized spacial score (nSPS) is 12.1. The van der Waals surface area contributed by atoms with Crippen LogP contribution in [-0.4, -0.2) is 43.0 Å². The fraction of sp³-hybridized carbons (Fsp3) is 0.263. The van der Waals surface area contributed by atoms with E-state index in [2.05, 4.69) is 15.0 Å². The Hall–Kier alpha value is -2.47. The van der Waals surface area contributed by atoms with Gasteiger partial charge in [0.2, 0.25) is 0 Å². The first-order valence-electron chi connectivity index (χ1n) is 7.92. The molecule has 25 heavy (non-hydrogen) atoms. The highest BCUT2D eigenvalue weighted by molar-refractivity contribution is 8.13. The van der Waals surface area contributed by atoms with Crippen LogP contribution in [0.15, 0.2) is 64.7 Å². The van der Waals surface area contributed by atoms with Crippen LogP contribution in [0.4, 0.5) is 5.69 Å². The maximum absolute atomic E-state index is 9.40. The van der Waals surface area contributed by atoms with E-state index in [0.717, 1.165) is 22.2 Å². The molecule has 0 saturated heterocycles. The predicted octanol–water partition coefficient (Wildman–Crippen LogP) is 4.12. The van der Waals surface area contributed by atoms with Crippen molar-refractivity contribution in [3.63, 3.8) is 0 Å². The number of hydrogen-bond donors (Lipinski definition) is 1. The number of nitrogens with zero attached hydrogens (tertiary/aromatic N) is 3. The molecular formula is C19H23N3O2S. The molecule has 132 valence electrons. The largest absolute Gasteiger partial charge is 0.497 e. The number of methoxy groups -OCH3 is 1. The van der Waals surface area contributed by atoms with Gasteiger partial charge in [0, 0.05) is 25.7 Å². The van der Waals surface area contributed by atoms with Crippen LogP contribution in [0, 0.1) is 0 Å². The molecule has 5 nitrogen and oxygen atoms in total. The monoisotopic (exact) mass is 357 g/mol. The second-order valence-electron chi connectivity index (χ2n) is 5.22. The Labute approximate surface area is 153 Å². The second kappa shape index (κ2) is 9.74. The van der Waals surface area contributed by atoms with Gasteiger partial charge in [0.1, 0.15) is 5.75 Å². The van der Waals surface area contributed by atoms with Gasteiger partial charge in [0.05, 0.1) is 12.8 Å². The van der Waals surface area contributed by atoms with E-state index < -0.39 is 0 Å². The van der Waals surface area contributed by atoms with Gasteiger partial charge in [-0.05, 0) is 36.1 Å². The summed E-state index contributed by atoms with van der Waals surface area (Å²) in [6.45, 7) is 0.647. The van der Waals surface area contributed by atoms with Crippen molar-refractivity contribution in [3.8, 4) is 5.75 Å². The van der Waals surface area contributed by atoms with E-state index in [-0.39, 0.29) is 0 Å². The zero-order valence-electron chi connectivity index (χ0n) is 14.7. The van der Waals surface area contributed by atoms with Gasteiger partial charge in [-0.25, -0.2) is 0 Å². The van der Waals surface area contributed by atoms with Crippen molar-refractivity contribution in [1.82, 2.24) is 0 Å². The summed E-state index contributed by atoms with van der Waals surface area (Å²) < 4.78 is 5.23. The van der Waals surface area contributed by atoms with Crippen molar-refractivity contribution in [1.29, 1.82) is 0 Å². The van der Waals surface area contributed by atoms with Crippen molar-refractivity contribution in [3.05, 3.63) is 60.2 Å². The number of anilines is 1. The van der Waals surface area contributed by atoms with Crippen molar-refractivity contribution >= 4 is 28.3 Å². The number of amidine groups is 1. The van der Waals surface area contributed by atoms with Crippen molar-refractivity contribution < 1.29 is 9.94 Å². The molecule has 0 atom stereocenters. The zero-order chi connectivity index (χ0) is 18.1. The van der Waals surface area contributed by atoms with Gasteiger partial charge < -0.3 is 14.8 Å². The molecular weight excluding hydrogens is 334 g/mol. The number of ether oxygens (including phenoxy) is 1. The van der Waals surface area contributed by atoms with Crippen LogP contribution in [0.3, 0.4) is 0 Å². The lowest BCUT2D eigenvalue weighted by atomic mass is 10.1. The van der Waals surface area contributed by atoms with Gasteiger partial charge in [-0.2, -0.15) is 0 Å². The second-order valence-corrected chi connectivity index (χ2v) is 6.00. The number of thioether (sulfide) groups is 1. The SMILES string of the molecule is CN=C(SC)N(CC/C(=N\O)c1ccccc1)c1ccc(OC)cc1. The molecule has 1 N–H and O–H groups in total. The van der Waals surface area contributed by atoms with Crippen LogP contribution in [0.5, 0.6) is 5.75 Å². The minimum atomic E-state index is 0.589. The Balaban J connectivity index is 2.21. The first kappa shape index (κ1) is 18.9. The molecule has 0 fully saturated rings. The van der Waals surface area contributed by atoms with Gasteiger partial charge in [-0.3, -0.25) is 4.99 Å². The van der Waals surface area contributed by atoms with Crippen LogP contribution < -0.4 is 9.64 Å². The summed E-state index contributed by atoms with van der Waals surface area (Å²) in [5.41, 5.74) is 2.58. The van der Waals surface area contributed by atoms with E-state index in [1.165, 1.54) is 0 Å². The van der Waals surface area contributed by atoms with Crippen LogP contribution >= 0.6 is 11.8 Å². The maximum atomic E-state index is 9.40. The van der Waals surface area contributed by atoms with Gasteiger partial charge in [0.25, 0.3) is 0 Å². The first-order chi connectivity index (χ1) is 12.2. The Bertz CT molecular complexity index is 715. The molecule has 0 aliphatic rings. The van der Waals surface area contributed by atoms with Gasteiger partial charge in [0.15, 0.2) is 5.17 Å². The third-order valence-corrected chi connectivity index (χ3v) is 4.56. The topological polar surface area (TPSA) is 57.4 Å². The van der Waals surface area contributed by atoms with Gasteiger partial charge >= 0.3 is 0 Å². The van der Waals surface area contributed by atoms with Gasteiger partial charge in [-0.15, -0.1) is 0 Å². The van der Waals surface area contributed by atoms with E-state index in [9.17, 15) is 5.21 Å². The van der Waals surface area contributed by atoms with E-state index in [0.29, 0.717) is 18.7 Å². The molecule has 0 aliphatic carbocycles. The fourth-order valence-corrected chi connectivity index (χ4v) is 3.12. The molecule has 0 amide bonds. The summed E-state index contributed by atoms with van der Waals surface area (Å²) in [6.07, 6.45) is 2.59. The quantitative estimate of drug-likeness (QED) is 0.366. The van der Waals surface area contributed by atoms with Crippen LogP contribution in [-0.2, 0) is 0 Å². The molecule has 0 aromatic heterocycles. The van der Waals surface area contributed by atoms with Crippen LogP contribution in [0.2, 0.25) is 0 Å². The lowest BCUT2D eigenvalue weighted by molar-refractivity contribution is 0.318. The molecule has 0 bridgehead atoms. The minimum absolute atomic E-state index is 0.589. The van der Waals surface area contributed by atoms with Crippen LogP contribution in [0.25, 0.3) is 0 Å². The third-order valence-electron chi connectivity index (χ3n) is 3.79. The highest BCUT2D eigenvalue weighted by Gasteiger charge is 2.15. The molecule has 0 spiro atoms. The summed E-state index contributed by atoms with van der Waals surface area (Å²) in [4.78, 5) is 6.48. The first-order valence-corrected chi connectivity index (χ1v) is 9.14. The number of hydrogen-bond acceptors (Lipinski definition) is 5. The van der Waals surface area contributed by atoms with Gasteiger partial charge in [-0.1, -0.05) is 47.2 Å². The predicted molar refractivity (Wildman–Crippen MR) is 107 cm³/mol. The average molecular weight is 357 g/mol. The number of oxime groups is 1. The standard InChI is InChI=1S/C19H23N3O2S/c1-20-19(25-3)22(16-9-11-17(24-2)12-10-16)14-13-18(21-23)15-7-5-4-6-8-15/h4-12,23H,13-14H2,1-3H3/b20-19?,21-18+. The lowest BCUT2D eigenvalue weighted by Crippen LogP contribution is -2.31. The molecule has 0 radical (unpaired) electrons. The molecule has 2 rings (SSSR count). The van der Waals surface area contributed by atoms with Crippen molar-refractivity contribution in [2.24, 2.45) is 10.1 Å². The van der Waals surface area contributed by atoms with Crippen LogP contribution in [0.1, 0.15) is 12.0 Å². The number of benzene rings is 2. The zero-order valence-corrected chi connectivity index (χ0v) is 15.5. The van der Waals surface area contributed by atoms with E-state index in [1.807, 2.05) is 60.9 Å². The highest BCUT2D eigenvalue weighted by atomic mass is 32.2. The summed E-state index contributed by atoms with van der Waals surface area (Å²) >= 11 is 1.58. The lowest BCUT2D eigenvalue weighted by Gasteiger charge is -2.25. The molecule has 0 heterocycles. The Kier molecular flexibility index (Phi) is 7.35. The van der Waals surface area contributed by atoms with Crippen molar-refractivity contribution in [2.45, 2.75) is 6.42 Å². The highest BCUT2D eigenvalue weighted by Crippen LogP contribution is 2.23. The molecule has 6 heteroatoms. The molecule has 0 saturated carbocycles. The third kappa shape index (κ3) is 5.00. The average Bonchev–Trinajstić information content (AvgIpc) is 2.68. The van der Waals surface area contributed by atoms with E-state index >= 15 is 0 Å². The summed E-state index contributed by atoms with van der Waals surface area (Å²) in [5.74, 6) is 0.810. The molecule has 2 aromatic carbocycles. The Morgan fingerprint density at radius 3 is 2.32 bits per heavy atom. The van der Waals surface area contributed by atoms with E-state index in [4.69, 9.17) is 4.74 Å². The smallest absolute Gasteiger partial charge is 0.163 e. The summed E-state index contributed by atoms with van der Waals surface area (Å²) in [6, 6.07) is 17.5. The van der Waals surface area contributed by atoms with Crippen molar-refractivity contribution in [2.75, 3.05) is 31.9 Å². The molecule has 0 unspecified atom stereocenters. The fourth-order valence-electron chi connectivity index (χ4n) is 2.52. The minimum Gasteiger partial charge on any atom is -0.497 e. The maximum Gasteiger partial charge on any atom is 0.163 e.